The summed E-state index contributed by atoms with van der Waals surface area (Å²) in [7, 11) is 0. The Hall–Kier alpha value is -1.06. The van der Waals surface area contributed by atoms with Crippen LogP contribution < -0.4 is 0 Å². The molecule has 0 aromatic heterocycles. The molecule has 4 nitrogen and oxygen atoms in total. The average Bonchev–Trinajstić information content (AvgIpc) is 3.60. The molecule has 34 heavy (non-hydrogen) atoms. The van der Waals surface area contributed by atoms with Gasteiger partial charge in [0.05, 0.1) is 11.8 Å². The summed E-state index contributed by atoms with van der Waals surface area (Å²) in [5.41, 5.74) is -0.511. The lowest BCUT2D eigenvalue weighted by molar-refractivity contribution is -0.178. The van der Waals surface area contributed by atoms with Gasteiger partial charge in [-0.2, -0.15) is 0 Å². The van der Waals surface area contributed by atoms with E-state index in [1.54, 1.807) is 0 Å². The maximum Gasteiger partial charge on any atom is 0.310 e. The molecule has 0 N–H and O–H groups in total. The van der Waals surface area contributed by atoms with E-state index in [0.717, 1.165) is 54.3 Å². The lowest BCUT2D eigenvalue weighted by Crippen LogP contribution is -2.47. The van der Waals surface area contributed by atoms with Crippen molar-refractivity contribution in [1.29, 1.82) is 0 Å². The van der Waals surface area contributed by atoms with Crippen LogP contribution in [-0.2, 0) is 19.1 Å². The maximum atomic E-state index is 14.0. The molecule has 15 atom stereocenters. The second-order valence-corrected chi connectivity index (χ2v) is 15.0. The topological polar surface area (TPSA) is 52.6 Å². The first-order valence-corrected chi connectivity index (χ1v) is 14.7. The summed E-state index contributed by atoms with van der Waals surface area (Å²) in [6.45, 7) is 5.85. The van der Waals surface area contributed by atoms with Crippen molar-refractivity contribution >= 4 is 11.9 Å². The minimum atomic E-state index is -0.511. The molecule has 4 heteroatoms. The predicted octanol–water partition coefficient (Wildman–Crippen LogP) is 5.49. The third-order valence-corrected chi connectivity index (χ3v) is 12.8. The highest BCUT2D eigenvalue weighted by Gasteiger charge is 2.70. The molecule has 8 aliphatic carbocycles. The quantitative estimate of drug-likeness (QED) is 0.408. The van der Waals surface area contributed by atoms with Gasteiger partial charge in [0.15, 0.2) is 0 Å². The number of esters is 2. The monoisotopic (exact) mass is 466 g/mol. The Balaban J connectivity index is 1.05. The van der Waals surface area contributed by atoms with Crippen LogP contribution in [0.4, 0.5) is 0 Å². The zero-order chi connectivity index (χ0) is 23.1. The summed E-state index contributed by atoms with van der Waals surface area (Å²) in [5.74, 6) is 7.93. The van der Waals surface area contributed by atoms with Crippen molar-refractivity contribution < 1.29 is 19.1 Å². The first-order valence-electron chi connectivity index (χ1n) is 14.7. The smallest absolute Gasteiger partial charge is 0.310 e. The maximum absolute atomic E-state index is 14.0. The lowest BCUT2D eigenvalue weighted by Gasteiger charge is -2.43. The van der Waals surface area contributed by atoms with Gasteiger partial charge >= 0.3 is 11.9 Å². The van der Waals surface area contributed by atoms with Crippen LogP contribution in [0.2, 0.25) is 0 Å². The Bertz CT molecular complexity index is 919. The van der Waals surface area contributed by atoms with Gasteiger partial charge < -0.3 is 9.47 Å². The molecule has 0 spiro atoms. The molecular formula is C30H42O4. The van der Waals surface area contributed by atoms with E-state index in [-0.39, 0.29) is 29.9 Å². The van der Waals surface area contributed by atoms with Crippen LogP contribution in [0.25, 0.3) is 0 Å². The minimum absolute atomic E-state index is 0.0261. The van der Waals surface area contributed by atoms with Gasteiger partial charge in [-0.3, -0.25) is 9.59 Å². The van der Waals surface area contributed by atoms with Crippen LogP contribution in [0.5, 0.6) is 0 Å². The van der Waals surface area contributed by atoms with Gasteiger partial charge in [0, 0.05) is 0 Å². The molecular weight excluding hydrogens is 424 g/mol. The fraction of sp³-hybridized carbons (Fsp3) is 0.933. The van der Waals surface area contributed by atoms with Crippen LogP contribution in [-0.4, -0.2) is 23.6 Å². The Morgan fingerprint density at radius 3 is 1.71 bits per heavy atom. The van der Waals surface area contributed by atoms with Crippen LogP contribution in [0.1, 0.15) is 78.6 Å². The molecule has 0 heterocycles. The second-order valence-electron chi connectivity index (χ2n) is 15.0. The fourth-order valence-corrected chi connectivity index (χ4v) is 12.5. The van der Waals surface area contributed by atoms with Gasteiger partial charge in [0.1, 0.15) is 11.7 Å². The van der Waals surface area contributed by atoms with Gasteiger partial charge in [0.2, 0.25) is 0 Å². The predicted molar refractivity (Wildman–Crippen MR) is 126 cm³/mol. The number of fused-ring (bicyclic) bond motifs is 18. The van der Waals surface area contributed by atoms with E-state index in [9.17, 15) is 9.59 Å². The van der Waals surface area contributed by atoms with E-state index in [0.29, 0.717) is 29.6 Å². The Labute approximate surface area is 204 Å². The van der Waals surface area contributed by atoms with E-state index in [1.165, 1.54) is 44.9 Å². The van der Waals surface area contributed by atoms with Crippen molar-refractivity contribution in [3.8, 4) is 0 Å². The first-order chi connectivity index (χ1) is 16.3. The largest absolute Gasteiger partial charge is 0.462 e. The molecule has 8 aliphatic rings. The van der Waals surface area contributed by atoms with Crippen LogP contribution in [0.15, 0.2) is 0 Å². The number of carbonyl (C=O) groups is 2. The van der Waals surface area contributed by atoms with Crippen molar-refractivity contribution in [2.45, 2.75) is 90.3 Å². The van der Waals surface area contributed by atoms with Gasteiger partial charge in [-0.15, -0.1) is 0 Å². The summed E-state index contributed by atoms with van der Waals surface area (Å²) in [6, 6.07) is 0. The Morgan fingerprint density at radius 1 is 0.588 bits per heavy atom. The van der Waals surface area contributed by atoms with Gasteiger partial charge in [-0.1, -0.05) is 0 Å². The summed E-state index contributed by atoms with van der Waals surface area (Å²) in [4.78, 5) is 27.5. The molecule has 15 unspecified atom stereocenters. The molecule has 0 radical (unpaired) electrons. The van der Waals surface area contributed by atoms with Crippen molar-refractivity contribution in [3.63, 3.8) is 0 Å². The van der Waals surface area contributed by atoms with Crippen molar-refractivity contribution in [2.75, 3.05) is 0 Å². The third-order valence-electron chi connectivity index (χ3n) is 12.8. The normalized spacial score (nSPS) is 57.3. The molecule has 0 saturated heterocycles. The van der Waals surface area contributed by atoms with E-state index in [1.807, 2.05) is 20.8 Å². The second kappa shape index (κ2) is 6.82. The van der Waals surface area contributed by atoms with Gasteiger partial charge in [-0.25, -0.2) is 0 Å². The van der Waals surface area contributed by atoms with Crippen molar-refractivity contribution in [2.24, 2.45) is 82.9 Å². The van der Waals surface area contributed by atoms with Crippen molar-refractivity contribution in [3.05, 3.63) is 0 Å². The Kier molecular flexibility index (Phi) is 4.23. The molecule has 0 aliphatic heterocycles. The lowest BCUT2D eigenvalue weighted by atomic mass is 9.63. The number of carbonyl (C=O) groups excluding carboxylic acids is 2. The summed E-state index contributed by atoms with van der Waals surface area (Å²) >= 11 is 0. The van der Waals surface area contributed by atoms with Crippen LogP contribution in [0.3, 0.4) is 0 Å². The van der Waals surface area contributed by atoms with E-state index >= 15 is 0 Å². The van der Waals surface area contributed by atoms with Crippen LogP contribution >= 0.6 is 0 Å². The number of hydrogen-bond donors (Lipinski definition) is 0. The average molecular weight is 467 g/mol. The molecule has 0 aromatic carbocycles. The van der Waals surface area contributed by atoms with E-state index in [4.69, 9.17) is 9.47 Å². The molecule has 0 amide bonds. The van der Waals surface area contributed by atoms with E-state index < -0.39 is 5.60 Å². The van der Waals surface area contributed by atoms with Gasteiger partial charge in [0.25, 0.3) is 0 Å². The highest BCUT2D eigenvalue weighted by molar-refractivity contribution is 5.84. The Morgan fingerprint density at radius 2 is 1.12 bits per heavy atom. The summed E-state index contributed by atoms with van der Waals surface area (Å²) < 4.78 is 12.4. The molecule has 8 rings (SSSR count). The molecule has 8 saturated carbocycles. The zero-order valence-electron chi connectivity index (χ0n) is 21.2. The first kappa shape index (κ1) is 21.1. The fourth-order valence-electron chi connectivity index (χ4n) is 12.5. The van der Waals surface area contributed by atoms with Crippen molar-refractivity contribution in [1.82, 2.24) is 0 Å². The number of hydrogen-bond acceptors (Lipinski definition) is 4. The third kappa shape index (κ3) is 2.67. The highest BCUT2D eigenvalue weighted by atomic mass is 16.6. The minimum Gasteiger partial charge on any atom is -0.462 e. The van der Waals surface area contributed by atoms with E-state index in [2.05, 4.69) is 0 Å². The van der Waals surface area contributed by atoms with Crippen LogP contribution in [0, 0.1) is 82.9 Å². The zero-order valence-corrected chi connectivity index (χ0v) is 21.2. The molecule has 8 fully saturated rings. The number of rotatable bonds is 3. The molecule has 8 bridgehead atoms. The summed E-state index contributed by atoms with van der Waals surface area (Å²) in [6.07, 6.45) is 11.9. The number of ether oxygens (including phenoxy) is 2. The SMILES string of the molecule is CC(C)(C)OC(=O)C1C2CC(C1C(=O)OC1CC3CC1C1C4CCC(C4)C31)C1C3CCC(C3)C21. The summed E-state index contributed by atoms with van der Waals surface area (Å²) in [5, 5.41) is 0. The highest BCUT2D eigenvalue weighted by Crippen LogP contribution is 2.71. The van der Waals surface area contributed by atoms with Gasteiger partial charge in [-0.05, 0) is 150 Å². The molecule has 186 valence electrons. The standard InChI is InChI=1S/C30H42O4/c1-30(2,3)34-29(32)27-20-12-19(24-15-6-7-16(9-15)25(20)24)26(27)28(31)33-21-11-17-10-18(21)23-14-5-4-13(8-14)22(17)23/h13-27H,4-12H2,1-3H3. The molecule has 0 aromatic rings.